The molecule has 2 aromatic heterocycles. The first kappa shape index (κ1) is 26.0. The average molecular weight is 520 g/mol. The molecule has 0 aliphatic rings. The molecule has 3 aromatic carbocycles. The summed E-state index contributed by atoms with van der Waals surface area (Å²) in [6.07, 6.45) is 5.54. The molecule has 0 radical (unpaired) electrons. The lowest BCUT2D eigenvalue weighted by Gasteiger charge is -2.14. The summed E-state index contributed by atoms with van der Waals surface area (Å²) < 4.78 is 2.05. The monoisotopic (exact) mass is 519 g/mol. The molecule has 0 atom stereocenters. The van der Waals surface area contributed by atoms with Gasteiger partial charge in [-0.1, -0.05) is 80.9 Å². The highest BCUT2D eigenvalue weighted by molar-refractivity contribution is 5.92. The summed E-state index contributed by atoms with van der Waals surface area (Å²) >= 11 is 0. The van der Waals surface area contributed by atoms with Gasteiger partial charge in [0.15, 0.2) is 0 Å². The maximum atomic E-state index is 12.8. The SMILES string of the molecule is CCCCc1ncc(C(=O)NCCC)n1Cc1ccc(-c2cc(-c3ccccc3)ccc2-c2nn[nH]n2)cc1. The molecule has 39 heavy (non-hydrogen) atoms. The third-order valence-corrected chi connectivity index (χ3v) is 6.78. The number of carbonyl (C=O) groups excluding carboxylic acids is 1. The van der Waals surface area contributed by atoms with Crippen molar-refractivity contribution in [3.05, 3.63) is 96.1 Å². The minimum absolute atomic E-state index is 0.0776. The van der Waals surface area contributed by atoms with E-state index in [9.17, 15) is 4.79 Å². The number of rotatable bonds is 11. The van der Waals surface area contributed by atoms with Crippen molar-refractivity contribution in [1.82, 2.24) is 35.5 Å². The summed E-state index contributed by atoms with van der Waals surface area (Å²) in [5.41, 5.74) is 6.94. The fraction of sp³-hybridized carbons (Fsp3) is 0.258. The van der Waals surface area contributed by atoms with Gasteiger partial charge in [-0.25, -0.2) is 4.98 Å². The zero-order valence-corrected chi connectivity index (χ0v) is 22.4. The van der Waals surface area contributed by atoms with Crippen LogP contribution < -0.4 is 5.32 Å². The van der Waals surface area contributed by atoms with E-state index >= 15 is 0 Å². The lowest BCUT2D eigenvalue weighted by molar-refractivity contribution is 0.0944. The number of aryl methyl sites for hydroxylation is 1. The van der Waals surface area contributed by atoms with Gasteiger partial charge < -0.3 is 9.88 Å². The quantitative estimate of drug-likeness (QED) is 0.225. The molecule has 0 saturated heterocycles. The van der Waals surface area contributed by atoms with Crippen LogP contribution in [0.4, 0.5) is 0 Å². The highest BCUT2D eigenvalue weighted by Gasteiger charge is 2.17. The summed E-state index contributed by atoms with van der Waals surface area (Å²) in [5, 5.41) is 17.8. The fourth-order valence-electron chi connectivity index (χ4n) is 4.67. The van der Waals surface area contributed by atoms with Gasteiger partial charge in [0, 0.05) is 25.1 Å². The summed E-state index contributed by atoms with van der Waals surface area (Å²) in [6.45, 7) is 5.44. The van der Waals surface area contributed by atoms with Crippen LogP contribution in [0.2, 0.25) is 0 Å². The van der Waals surface area contributed by atoms with Crippen LogP contribution in [0.1, 0.15) is 55.0 Å². The normalized spacial score (nSPS) is 11.0. The van der Waals surface area contributed by atoms with Gasteiger partial charge >= 0.3 is 0 Å². The third kappa shape index (κ3) is 5.95. The molecule has 5 aromatic rings. The van der Waals surface area contributed by atoms with Crippen LogP contribution in [0.3, 0.4) is 0 Å². The number of nitrogens with zero attached hydrogens (tertiary/aromatic N) is 5. The van der Waals surface area contributed by atoms with Gasteiger partial charge in [-0.2, -0.15) is 5.21 Å². The number of unbranched alkanes of at least 4 members (excludes halogenated alkanes) is 1. The standard InChI is InChI=1S/C31H33N7O/c1-3-5-11-29-33-20-28(31(39)32-18-4-2)38(29)21-22-12-14-24(15-13-22)27-19-25(23-9-7-6-8-10-23)16-17-26(27)30-34-36-37-35-30/h6-10,12-17,19-20H,3-5,11,18,21H2,1-2H3,(H,32,39)(H,34,35,36,37). The Morgan fingerprint density at radius 3 is 2.41 bits per heavy atom. The van der Waals surface area contributed by atoms with Crippen molar-refractivity contribution in [2.24, 2.45) is 0 Å². The van der Waals surface area contributed by atoms with E-state index in [-0.39, 0.29) is 5.91 Å². The van der Waals surface area contributed by atoms with Gasteiger partial charge in [0.25, 0.3) is 5.91 Å². The van der Waals surface area contributed by atoms with Crippen molar-refractivity contribution in [2.45, 2.75) is 46.1 Å². The Labute approximate surface area is 228 Å². The number of aromatic amines is 1. The van der Waals surface area contributed by atoms with Crippen LogP contribution in [0, 0.1) is 0 Å². The number of hydrogen-bond donors (Lipinski definition) is 2. The second-order valence-corrected chi connectivity index (χ2v) is 9.56. The predicted octanol–water partition coefficient (Wildman–Crippen LogP) is 5.93. The Balaban J connectivity index is 1.47. The molecule has 0 bridgehead atoms. The minimum atomic E-state index is -0.0776. The van der Waals surface area contributed by atoms with E-state index < -0.39 is 0 Å². The maximum absolute atomic E-state index is 12.8. The molecule has 0 saturated carbocycles. The van der Waals surface area contributed by atoms with Gasteiger partial charge in [0.2, 0.25) is 5.82 Å². The highest BCUT2D eigenvalue weighted by Crippen LogP contribution is 2.34. The van der Waals surface area contributed by atoms with Crippen LogP contribution in [0.25, 0.3) is 33.6 Å². The van der Waals surface area contributed by atoms with Gasteiger partial charge in [-0.15, -0.1) is 10.2 Å². The van der Waals surface area contributed by atoms with Crippen molar-refractivity contribution in [3.8, 4) is 33.6 Å². The number of imidazole rings is 1. The summed E-state index contributed by atoms with van der Waals surface area (Å²) in [6, 6.07) is 25.1. The van der Waals surface area contributed by atoms with Crippen LogP contribution >= 0.6 is 0 Å². The molecule has 8 heteroatoms. The molecule has 0 aliphatic heterocycles. The van der Waals surface area contributed by atoms with E-state index in [1.54, 1.807) is 6.20 Å². The molecule has 0 unspecified atom stereocenters. The number of amides is 1. The third-order valence-electron chi connectivity index (χ3n) is 6.78. The first-order valence-electron chi connectivity index (χ1n) is 13.5. The Morgan fingerprint density at radius 1 is 0.897 bits per heavy atom. The first-order chi connectivity index (χ1) is 19.2. The van der Waals surface area contributed by atoms with Gasteiger partial charge in [0.1, 0.15) is 11.5 Å². The van der Waals surface area contributed by atoms with Crippen molar-refractivity contribution < 1.29 is 4.79 Å². The number of H-pyrrole nitrogens is 1. The van der Waals surface area contributed by atoms with Gasteiger partial charge in [-0.05, 0) is 58.0 Å². The van der Waals surface area contributed by atoms with Crippen LogP contribution in [-0.2, 0) is 13.0 Å². The molecule has 1 amide bonds. The van der Waals surface area contributed by atoms with E-state index in [2.05, 4.69) is 90.9 Å². The van der Waals surface area contributed by atoms with E-state index in [1.807, 2.05) is 31.2 Å². The van der Waals surface area contributed by atoms with E-state index in [1.165, 1.54) is 0 Å². The van der Waals surface area contributed by atoms with Crippen molar-refractivity contribution in [3.63, 3.8) is 0 Å². The number of tetrazole rings is 1. The molecule has 5 rings (SSSR count). The number of hydrogen-bond acceptors (Lipinski definition) is 5. The largest absolute Gasteiger partial charge is 0.351 e. The smallest absolute Gasteiger partial charge is 0.269 e. The maximum Gasteiger partial charge on any atom is 0.269 e. The Hall–Kier alpha value is -4.59. The molecule has 2 N–H and O–H groups in total. The number of aromatic nitrogens is 6. The van der Waals surface area contributed by atoms with E-state index in [4.69, 9.17) is 0 Å². The topological polar surface area (TPSA) is 101 Å². The second kappa shape index (κ2) is 12.3. The first-order valence-corrected chi connectivity index (χ1v) is 13.5. The Kier molecular flexibility index (Phi) is 8.21. The lowest BCUT2D eigenvalue weighted by atomic mass is 9.93. The lowest BCUT2D eigenvalue weighted by Crippen LogP contribution is -2.27. The number of benzene rings is 3. The fourth-order valence-corrected chi connectivity index (χ4v) is 4.67. The summed E-state index contributed by atoms with van der Waals surface area (Å²) in [7, 11) is 0. The van der Waals surface area contributed by atoms with Crippen molar-refractivity contribution in [2.75, 3.05) is 6.54 Å². The zero-order chi connectivity index (χ0) is 27.0. The summed E-state index contributed by atoms with van der Waals surface area (Å²) in [5.74, 6) is 1.42. The highest BCUT2D eigenvalue weighted by atomic mass is 16.1. The molecule has 0 spiro atoms. The van der Waals surface area contributed by atoms with Crippen LogP contribution in [-0.4, -0.2) is 42.6 Å². The summed E-state index contributed by atoms with van der Waals surface area (Å²) in [4.78, 5) is 17.5. The predicted molar refractivity (Wildman–Crippen MR) is 153 cm³/mol. The Bertz CT molecular complexity index is 1510. The molecule has 198 valence electrons. The molecular weight excluding hydrogens is 486 g/mol. The minimum Gasteiger partial charge on any atom is -0.351 e. The van der Waals surface area contributed by atoms with Crippen molar-refractivity contribution >= 4 is 5.91 Å². The second-order valence-electron chi connectivity index (χ2n) is 9.56. The van der Waals surface area contributed by atoms with E-state index in [0.717, 1.165) is 64.9 Å². The molecular formula is C31H33N7O. The number of carbonyl (C=O) groups is 1. The number of nitrogens with one attached hydrogen (secondary N) is 2. The van der Waals surface area contributed by atoms with Crippen molar-refractivity contribution in [1.29, 1.82) is 0 Å². The molecule has 8 nitrogen and oxygen atoms in total. The zero-order valence-electron chi connectivity index (χ0n) is 22.4. The van der Waals surface area contributed by atoms with Crippen LogP contribution in [0.5, 0.6) is 0 Å². The molecule has 0 fully saturated rings. The van der Waals surface area contributed by atoms with E-state index in [0.29, 0.717) is 24.6 Å². The molecule has 2 heterocycles. The van der Waals surface area contributed by atoms with Crippen LogP contribution in [0.15, 0.2) is 79.0 Å². The van der Waals surface area contributed by atoms with Gasteiger partial charge in [0.05, 0.1) is 6.20 Å². The Morgan fingerprint density at radius 2 is 1.69 bits per heavy atom. The van der Waals surface area contributed by atoms with Gasteiger partial charge in [-0.3, -0.25) is 4.79 Å². The molecule has 0 aliphatic carbocycles. The average Bonchev–Trinajstić information content (AvgIpc) is 3.66.